The second-order valence-electron chi connectivity index (χ2n) is 11.8. The molecule has 2 aromatic heterocycles. The van der Waals surface area contributed by atoms with Crippen LogP contribution in [0, 0.1) is 18.3 Å². The number of amides is 1. The number of aryl methyl sites for hydroxylation is 2. The third-order valence-electron chi connectivity index (χ3n) is 7.54. The lowest BCUT2D eigenvalue weighted by Gasteiger charge is -2.34. The van der Waals surface area contributed by atoms with E-state index in [2.05, 4.69) is 57.3 Å². The average Bonchev–Trinajstić information content (AvgIpc) is 3.42. The lowest BCUT2D eigenvalue weighted by molar-refractivity contribution is 0.0380. The number of ether oxygens (including phenoxy) is 1. The molecule has 0 fully saturated rings. The zero-order valence-corrected chi connectivity index (χ0v) is 25.5. The highest BCUT2D eigenvalue weighted by Gasteiger charge is 2.32. The number of unbranched alkanes of at least 4 members (excludes halogenated alkanes) is 1. The van der Waals surface area contributed by atoms with Crippen molar-refractivity contribution < 1.29 is 14.3 Å². The minimum Gasteiger partial charge on any atom is -0.459 e. The molecule has 1 N–H and O–H groups in total. The number of fused-ring (bicyclic) bond motifs is 1. The smallest absolute Gasteiger partial charge is 0.342 e. The van der Waals surface area contributed by atoms with Gasteiger partial charge in [0.25, 0.3) is 5.91 Å². The highest BCUT2D eigenvalue weighted by Crippen LogP contribution is 2.43. The number of carbonyl (C=O) groups is 2. The number of esters is 1. The molecule has 3 aromatic rings. The molecule has 204 valence electrons. The van der Waals surface area contributed by atoms with E-state index in [0.29, 0.717) is 16.5 Å². The van der Waals surface area contributed by atoms with Crippen LogP contribution >= 0.6 is 22.7 Å². The number of hydrogen-bond acceptors (Lipinski definition) is 5. The molecule has 0 saturated heterocycles. The molecule has 0 aliphatic heterocycles. The Labute approximate surface area is 235 Å². The van der Waals surface area contributed by atoms with Crippen molar-refractivity contribution in [3.8, 4) is 11.1 Å². The monoisotopic (exact) mass is 551 g/mol. The minimum absolute atomic E-state index is 0.141. The Kier molecular flexibility index (Phi) is 8.83. The zero-order chi connectivity index (χ0) is 27.6. The van der Waals surface area contributed by atoms with E-state index in [9.17, 15) is 9.59 Å². The van der Waals surface area contributed by atoms with Crippen molar-refractivity contribution in [2.45, 2.75) is 93.1 Å². The van der Waals surface area contributed by atoms with Crippen LogP contribution in [0.5, 0.6) is 0 Å². The summed E-state index contributed by atoms with van der Waals surface area (Å²) in [5.41, 5.74) is 5.74. The van der Waals surface area contributed by atoms with Crippen molar-refractivity contribution >= 4 is 39.6 Å². The molecule has 1 amide bonds. The number of nitrogens with one attached hydrogen (secondary N) is 1. The number of rotatable bonds is 8. The van der Waals surface area contributed by atoms with Crippen LogP contribution in [-0.4, -0.2) is 18.0 Å². The van der Waals surface area contributed by atoms with Gasteiger partial charge in [0.15, 0.2) is 0 Å². The molecule has 1 aromatic carbocycles. The van der Waals surface area contributed by atoms with E-state index in [1.807, 2.05) is 26.2 Å². The maximum Gasteiger partial charge on any atom is 0.342 e. The molecular weight excluding hydrogens is 510 g/mol. The van der Waals surface area contributed by atoms with Gasteiger partial charge in [-0.2, -0.15) is 0 Å². The molecule has 2 heterocycles. The van der Waals surface area contributed by atoms with Gasteiger partial charge in [0, 0.05) is 20.7 Å². The van der Waals surface area contributed by atoms with E-state index in [1.54, 1.807) is 11.3 Å². The lowest BCUT2D eigenvalue weighted by Crippen LogP contribution is -2.27. The Morgan fingerprint density at radius 2 is 1.87 bits per heavy atom. The number of anilines is 1. The molecule has 0 unspecified atom stereocenters. The van der Waals surface area contributed by atoms with Crippen LogP contribution in [0.25, 0.3) is 11.1 Å². The van der Waals surface area contributed by atoms with E-state index < -0.39 is 5.97 Å². The van der Waals surface area contributed by atoms with E-state index in [4.69, 9.17) is 4.74 Å². The van der Waals surface area contributed by atoms with Crippen molar-refractivity contribution in [2.24, 2.45) is 11.3 Å². The third kappa shape index (κ3) is 6.23. The van der Waals surface area contributed by atoms with Crippen LogP contribution in [0.15, 0.2) is 29.6 Å². The van der Waals surface area contributed by atoms with Crippen LogP contribution in [-0.2, 0) is 24.0 Å². The van der Waals surface area contributed by atoms with Gasteiger partial charge in [0.2, 0.25) is 0 Å². The fourth-order valence-electron chi connectivity index (χ4n) is 5.28. The maximum absolute atomic E-state index is 13.6. The van der Waals surface area contributed by atoms with Crippen LogP contribution < -0.4 is 5.32 Å². The highest BCUT2D eigenvalue weighted by atomic mass is 32.1. The summed E-state index contributed by atoms with van der Waals surface area (Å²) in [6, 6.07) is 8.44. The van der Waals surface area contributed by atoms with Crippen LogP contribution in [0.4, 0.5) is 5.00 Å². The molecular formula is C32H41NO3S2. The Hall–Kier alpha value is -2.44. The minimum atomic E-state index is -0.398. The van der Waals surface area contributed by atoms with Gasteiger partial charge in [-0.1, -0.05) is 58.4 Å². The SMILES string of the molecule is CCCCc1ccc(-c2c(C)sc(NC(=O)c3csc4c3CC[C@H](C(C)(C)C)C4)c2C(=O)OC(C)C)cc1. The molecule has 4 nitrogen and oxygen atoms in total. The quantitative estimate of drug-likeness (QED) is 0.284. The molecule has 6 heteroatoms. The van der Waals surface area contributed by atoms with E-state index in [-0.39, 0.29) is 17.4 Å². The molecule has 1 aliphatic carbocycles. The number of thiophene rings is 2. The summed E-state index contributed by atoms with van der Waals surface area (Å²) < 4.78 is 5.65. The van der Waals surface area contributed by atoms with Crippen LogP contribution in [0.1, 0.15) is 102 Å². The van der Waals surface area contributed by atoms with Gasteiger partial charge < -0.3 is 10.1 Å². The Bertz CT molecular complexity index is 1290. The molecule has 4 rings (SSSR count). The number of carbonyl (C=O) groups excluding carboxylic acids is 2. The summed E-state index contributed by atoms with van der Waals surface area (Å²) in [5.74, 6) is 0.0842. The predicted octanol–water partition coefficient (Wildman–Crippen LogP) is 9.10. The van der Waals surface area contributed by atoms with Crippen molar-refractivity contribution in [3.63, 3.8) is 0 Å². The first kappa shape index (κ1) is 28.6. The molecule has 1 aliphatic rings. The van der Waals surface area contributed by atoms with E-state index >= 15 is 0 Å². The molecule has 0 radical (unpaired) electrons. The average molecular weight is 552 g/mol. The fourth-order valence-corrected chi connectivity index (χ4v) is 7.50. The van der Waals surface area contributed by atoms with Gasteiger partial charge >= 0.3 is 5.97 Å². The summed E-state index contributed by atoms with van der Waals surface area (Å²) in [6.07, 6.45) is 6.15. The first-order chi connectivity index (χ1) is 18.0. The van der Waals surface area contributed by atoms with E-state index in [0.717, 1.165) is 60.1 Å². The predicted molar refractivity (Wildman–Crippen MR) is 161 cm³/mol. The Morgan fingerprint density at radius 3 is 2.50 bits per heavy atom. The first-order valence-corrected chi connectivity index (χ1v) is 15.5. The zero-order valence-electron chi connectivity index (χ0n) is 23.8. The van der Waals surface area contributed by atoms with Gasteiger partial charge in [-0.3, -0.25) is 4.79 Å². The summed E-state index contributed by atoms with van der Waals surface area (Å²) in [6.45, 7) is 14.8. The second-order valence-corrected chi connectivity index (χ2v) is 14.0. The van der Waals surface area contributed by atoms with Crippen LogP contribution in [0.2, 0.25) is 0 Å². The Morgan fingerprint density at radius 1 is 1.16 bits per heavy atom. The van der Waals surface area contributed by atoms with Gasteiger partial charge in [0.1, 0.15) is 10.6 Å². The third-order valence-corrected chi connectivity index (χ3v) is 9.62. The van der Waals surface area contributed by atoms with Gasteiger partial charge in [-0.05, 0) is 80.9 Å². The normalized spacial score (nSPS) is 15.4. The van der Waals surface area contributed by atoms with Crippen LogP contribution in [0.3, 0.4) is 0 Å². The summed E-state index contributed by atoms with van der Waals surface area (Å²) in [4.78, 5) is 29.2. The summed E-state index contributed by atoms with van der Waals surface area (Å²) in [7, 11) is 0. The number of benzene rings is 1. The van der Waals surface area contributed by atoms with Gasteiger partial charge in [0.05, 0.1) is 11.7 Å². The largest absolute Gasteiger partial charge is 0.459 e. The molecule has 0 spiro atoms. The fraction of sp³-hybridized carbons (Fsp3) is 0.500. The molecule has 0 bridgehead atoms. The maximum atomic E-state index is 13.6. The standard InChI is InChI=1S/C32H41NO3S2/c1-8-9-10-21-11-13-22(14-12-21)27-20(4)38-30(28(27)31(35)36-19(2)3)33-29(34)25-18-37-26-17-23(32(5,6)7)15-16-24(25)26/h11-14,18-19,23H,8-10,15-17H2,1-7H3,(H,33,34)/t23-/m0/s1. The van der Waals surface area contributed by atoms with Gasteiger partial charge in [-0.25, -0.2) is 4.79 Å². The number of hydrogen-bond donors (Lipinski definition) is 1. The second kappa shape index (κ2) is 11.7. The first-order valence-electron chi connectivity index (χ1n) is 13.8. The van der Waals surface area contributed by atoms with Crippen molar-refractivity contribution in [2.75, 3.05) is 5.32 Å². The van der Waals surface area contributed by atoms with Gasteiger partial charge in [-0.15, -0.1) is 22.7 Å². The van der Waals surface area contributed by atoms with E-state index in [1.165, 1.54) is 27.3 Å². The van der Waals surface area contributed by atoms with Crippen molar-refractivity contribution in [1.82, 2.24) is 0 Å². The summed E-state index contributed by atoms with van der Waals surface area (Å²) in [5, 5.41) is 5.67. The highest BCUT2D eigenvalue weighted by molar-refractivity contribution is 7.17. The summed E-state index contributed by atoms with van der Waals surface area (Å²) >= 11 is 3.14. The molecule has 0 saturated carbocycles. The lowest BCUT2D eigenvalue weighted by atomic mass is 9.72. The molecule has 38 heavy (non-hydrogen) atoms. The molecule has 1 atom stereocenters. The van der Waals surface area contributed by atoms with Crippen molar-refractivity contribution in [1.29, 1.82) is 0 Å². The topological polar surface area (TPSA) is 55.4 Å². The Balaban J connectivity index is 1.65. The van der Waals surface area contributed by atoms with Crippen molar-refractivity contribution in [3.05, 3.63) is 61.7 Å².